The number of sulfonamides is 1. The number of rotatable bonds is 8. The monoisotopic (exact) mass is 418 g/mol. The molecule has 0 radical (unpaired) electrons. The first kappa shape index (κ1) is 22.1. The van der Waals surface area contributed by atoms with Crippen LogP contribution in [-0.2, 0) is 14.8 Å². The molecular formula is C20H22N2O6S. The zero-order chi connectivity index (χ0) is 21.8. The third-order valence-corrected chi connectivity index (χ3v) is 6.14. The number of hydrogen-bond donors (Lipinski definition) is 0. The predicted octanol–water partition coefficient (Wildman–Crippen LogP) is 3.77. The minimum atomic E-state index is -4.13. The first-order chi connectivity index (χ1) is 13.6. The van der Waals surface area contributed by atoms with Gasteiger partial charge in [0.25, 0.3) is 15.7 Å². The molecule has 0 spiro atoms. The van der Waals surface area contributed by atoms with Crippen LogP contribution in [0.25, 0.3) is 0 Å². The van der Waals surface area contributed by atoms with Crippen molar-refractivity contribution in [3.8, 4) is 0 Å². The van der Waals surface area contributed by atoms with E-state index in [1.165, 1.54) is 30.3 Å². The Morgan fingerprint density at radius 1 is 1.21 bits per heavy atom. The van der Waals surface area contributed by atoms with E-state index in [0.717, 1.165) is 10.4 Å². The topological polar surface area (TPSA) is 107 Å². The molecule has 0 amide bonds. The van der Waals surface area contributed by atoms with Crippen LogP contribution < -0.4 is 4.31 Å². The highest BCUT2D eigenvalue weighted by atomic mass is 32.2. The van der Waals surface area contributed by atoms with Gasteiger partial charge in [-0.2, -0.15) is 0 Å². The average molecular weight is 418 g/mol. The molecule has 0 bridgehead atoms. The van der Waals surface area contributed by atoms with E-state index in [2.05, 4.69) is 6.58 Å². The predicted molar refractivity (Wildman–Crippen MR) is 110 cm³/mol. The molecular weight excluding hydrogens is 396 g/mol. The maximum Gasteiger partial charge on any atom is 0.338 e. The summed E-state index contributed by atoms with van der Waals surface area (Å²) >= 11 is 0. The fraction of sp³-hybridized carbons (Fsp3) is 0.250. The molecule has 0 unspecified atom stereocenters. The van der Waals surface area contributed by atoms with Crippen molar-refractivity contribution in [2.75, 3.05) is 17.5 Å². The Morgan fingerprint density at radius 2 is 1.90 bits per heavy atom. The summed E-state index contributed by atoms with van der Waals surface area (Å²) in [5.41, 5.74) is 1.23. The van der Waals surface area contributed by atoms with Gasteiger partial charge < -0.3 is 4.74 Å². The van der Waals surface area contributed by atoms with Crippen LogP contribution in [0.15, 0.2) is 53.9 Å². The van der Waals surface area contributed by atoms with Gasteiger partial charge in [-0.3, -0.25) is 14.4 Å². The van der Waals surface area contributed by atoms with Crippen LogP contribution in [0.4, 0.5) is 11.4 Å². The summed E-state index contributed by atoms with van der Waals surface area (Å²) in [6.07, 6.45) is 1.42. The summed E-state index contributed by atoms with van der Waals surface area (Å²) in [7, 11) is -4.13. The maximum absolute atomic E-state index is 13.4. The molecule has 0 N–H and O–H groups in total. The Hall–Kier alpha value is -3.20. The minimum absolute atomic E-state index is 0.0515. The minimum Gasteiger partial charge on any atom is -0.462 e. The molecule has 0 saturated heterocycles. The first-order valence-corrected chi connectivity index (χ1v) is 10.2. The molecule has 8 nitrogen and oxygen atoms in total. The third kappa shape index (κ3) is 4.62. The zero-order valence-electron chi connectivity index (χ0n) is 16.4. The van der Waals surface area contributed by atoms with Gasteiger partial charge in [0, 0.05) is 12.1 Å². The lowest BCUT2D eigenvalue weighted by Crippen LogP contribution is -2.32. The largest absolute Gasteiger partial charge is 0.462 e. The number of aryl methyl sites for hydroxylation is 2. The van der Waals surface area contributed by atoms with Crippen molar-refractivity contribution in [1.82, 2.24) is 0 Å². The van der Waals surface area contributed by atoms with Crippen LogP contribution in [-0.4, -0.2) is 32.5 Å². The number of ether oxygens (including phenoxy) is 1. The zero-order valence-corrected chi connectivity index (χ0v) is 17.2. The van der Waals surface area contributed by atoms with Gasteiger partial charge in [-0.15, -0.1) is 6.58 Å². The van der Waals surface area contributed by atoms with Gasteiger partial charge in [0.1, 0.15) is 0 Å². The number of esters is 1. The fourth-order valence-corrected chi connectivity index (χ4v) is 4.57. The number of anilines is 1. The third-order valence-electron chi connectivity index (χ3n) is 4.22. The van der Waals surface area contributed by atoms with Crippen molar-refractivity contribution in [1.29, 1.82) is 0 Å². The normalized spacial score (nSPS) is 11.0. The number of carbonyl (C=O) groups is 1. The molecule has 0 aliphatic carbocycles. The second kappa shape index (κ2) is 8.87. The molecule has 9 heteroatoms. The number of nitrogens with zero attached hydrogens (tertiary/aromatic N) is 2. The summed E-state index contributed by atoms with van der Waals surface area (Å²) in [5.74, 6) is -0.505. The van der Waals surface area contributed by atoms with Gasteiger partial charge >= 0.3 is 5.97 Å². The van der Waals surface area contributed by atoms with Crippen molar-refractivity contribution in [2.45, 2.75) is 25.7 Å². The molecule has 0 heterocycles. The molecule has 29 heavy (non-hydrogen) atoms. The van der Waals surface area contributed by atoms with E-state index in [1.54, 1.807) is 26.8 Å². The van der Waals surface area contributed by atoms with Crippen molar-refractivity contribution in [3.63, 3.8) is 0 Å². The molecule has 0 aliphatic rings. The summed E-state index contributed by atoms with van der Waals surface area (Å²) in [6.45, 7) is 8.72. The van der Waals surface area contributed by atoms with E-state index in [-0.39, 0.29) is 23.7 Å². The van der Waals surface area contributed by atoms with Crippen LogP contribution >= 0.6 is 0 Å². The quantitative estimate of drug-likeness (QED) is 0.280. The Kier molecular flexibility index (Phi) is 6.76. The number of carbonyl (C=O) groups excluding carboxylic acids is 1. The number of nitro benzene ring substituents is 1. The number of hydrogen-bond acceptors (Lipinski definition) is 6. The lowest BCUT2D eigenvalue weighted by atomic mass is 10.1. The Bertz CT molecular complexity index is 1060. The Labute approximate surface area is 169 Å². The van der Waals surface area contributed by atoms with E-state index in [0.29, 0.717) is 22.4 Å². The molecule has 0 aliphatic heterocycles. The Morgan fingerprint density at radius 3 is 2.45 bits per heavy atom. The SMILES string of the molecule is C=CCN(c1ccc(C(=O)OCC)cc1C)S(=O)(=O)c1cc([N+](=O)[O-])ccc1C. The van der Waals surface area contributed by atoms with Crippen molar-refractivity contribution in [2.24, 2.45) is 0 Å². The van der Waals surface area contributed by atoms with Crippen molar-refractivity contribution in [3.05, 3.63) is 75.9 Å². The highest BCUT2D eigenvalue weighted by Crippen LogP contribution is 2.31. The lowest BCUT2D eigenvalue weighted by Gasteiger charge is -2.25. The van der Waals surface area contributed by atoms with Crippen LogP contribution in [0.3, 0.4) is 0 Å². The van der Waals surface area contributed by atoms with Crippen LogP contribution in [0.2, 0.25) is 0 Å². The molecule has 2 aromatic rings. The standard InChI is InChI=1S/C20H22N2O6S/c1-5-11-21(18-10-8-16(12-15(18)4)20(23)28-6-2)29(26,27)19-13-17(22(24)25)9-7-14(19)3/h5,7-10,12-13H,1,6,11H2,2-4H3. The molecule has 0 atom stereocenters. The van der Waals surface area contributed by atoms with E-state index in [1.807, 2.05) is 0 Å². The molecule has 2 aromatic carbocycles. The second-order valence-electron chi connectivity index (χ2n) is 6.25. The smallest absolute Gasteiger partial charge is 0.338 e. The Balaban J connectivity index is 2.59. The molecule has 0 saturated carbocycles. The maximum atomic E-state index is 13.4. The number of nitro groups is 1. The molecule has 0 fully saturated rings. The van der Waals surface area contributed by atoms with Gasteiger partial charge in [-0.05, 0) is 50.1 Å². The number of non-ortho nitro benzene ring substituents is 1. The van der Waals surface area contributed by atoms with Crippen molar-refractivity contribution < 1.29 is 22.9 Å². The van der Waals surface area contributed by atoms with Crippen molar-refractivity contribution >= 4 is 27.4 Å². The van der Waals surface area contributed by atoms with Gasteiger partial charge in [0.15, 0.2) is 0 Å². The summed E-state index contributed by atoms with van der Waals surface area (Å²) in [5, 5.41) is 11.1. The molecule has 2 rings (SSSR count). The fourth-order valence-electron chi connectivity index (χ4n) is 2.82. The highest BCUT2D eigenvalue weighted by Gasteiger charge is 2.29. The van der Waals surface area contributed by atoms with Crippen LogP contribution in [0.5, 0.6) is 0 Å². The second-order valence-corrected chi connectivity index (χ2v) is 8.08. The van der Waals surface area contributed by atoms with E-state index < -0.39 is 20.9 Å². The number of benzene rings is 2. The van der Waals surface area contributed by atoms with Gasteiger partial charge in [0.2, 0.25) is 0 Å². The molecule has 0 aromatic heterocycles. The summed E-state index contributed by atoms with van der Waals surface area (Å²) in [4.78, 5) is 22.2. The van der Waals surface area contributed by atoms with E-state index >= 15 is 0 Å². The van der Waals surface area contributed by atoms with Crippen LogP contribution in [0.1, 0.15) is 28.4 Å². The lowest BCUT2D eigenvalue weighted by molar-refractivity contribution is -0.385. The van der Waals surface area contributed by atoms with Crippen LogP contribution in [0, 0.1) is 24.0 Å². The summed E-state index contributed by atoms with van der Waals surface area (Å²) in [6, 6.07) is 8.23. The van der Waals surface area contributed by atoms with Gasteiger partial charge in [0.05, 0.1) is 34.2 Å². The first-order valence-electron chi connectivity index (χ1n) is 8.80. The highest BCUT2D eigenvalue weighted by molar-refractivity contribution is 7.92. The van der Waals surface area contributed by atoms with Gasteiger partial charge in [-0.1, -0.05) is 12.1 Å². The molecule has 154 valence electrons. The van der Waals surface area contributed by atoms with Gasteiger partial charge in [-0.25, -0.2) is 13.2 Å². The van der Waals surface area contributed by atoms with E-state index in [9.17, 15) is 23.3 Å². The summed E-state index contributed by atoms with van der Waals surface area (Å²) < 4.78 is 32.8. The van der Waals surface area contributed by atoms with E-state index in [4.69, 9.17) is 4.74 Å². The average Bonchev–Trinajstić information content (AvgIpc) is 2.66.